The van der Waals surface area contributed by atoms with Crippen LogP contribution < -0.4 is 4.72 Å². The molecule has 1 fully saturated rings. The number of nitrogens with one attached hydrogen (secondary N) is 1. The maximum atomic E-state index is 12.5. The van der Waals surface area contributed by atoms with E-state index in [9.17, 15) is 8.42 Å². The normalized spacial score (nSPS) is 21.4. The van der Waals surface area contributed by atoms with Gasteiger partial charge in [0.25, 0.3) is 0 Å². The second-order valence-electron chi connectivity index (χ2n) is 4.85. The first-order valence-electron chi connectivity index (χ1n) is 6.43. The second kappa shape index (κ2) is 5.36. The number of sulfonamides is 1. The van der Waals surface area contributed by atoms with Gasteiger partial charge in [-0.1, -0.05) is 6.07 Å². The van der Waals surface area contributed by atoms with Crippen LogP contribution in [-0.2, 0) is 14.8 Å². The molecule has 1 aliphatic heterocycles. The van der Waals surface area contributed by atoms with Gasteiger partial charge >= 0.3 is 0 Å². The number of ether oxygens (including phenoxy) is 1. The van der Waals surface area contributed by atoms with Gasteiger partial charge in [0.15, 0.2) is 0 Å². The highest BCUT2D eigenvalue weighted by atomic mass is 32.2. The average molecular weight is 313 g/mol. The van der Waals surface area contributed by atoms with Crippen LogP contribution in [0.3, 0.4) is 0 Å². The Morgan fingerprint density at radius 1 is 1.45 bits per heavy atom. The van der Waals surface area contributed by atoms with Gasteiger partial charge in [0.05, 0.1) is 17.8 Å². The van der Waals surface area contributed by atoms with Gasteiger partial charge in [-0.25, -0.2) is 13.1 Å². The van der Waals surface area contributed by atoms with Crippen molar-refractivity contribution in [2.75, 3.05) is 6.61 Å². The number of rotatable bonds is 4. The molecule has 1 N–H and O–H groups in total. The summed E-state index contributed by atoms with van der Waals surface area (Å²) in [6.07, 6.45) is 1.80. The van der Waals surface area contributed by atoms with Crippen molar-refractivity contribution in [1.29, 1.82) is 0 Å². The predicted molar refractivity (Wildman–Crippen MR) is 76.2 cm³/mol. The quantitative estimate of drug-likeness (QED) is 0.926. The molecule has 2 atom stereocenters. The van der Waals surface area contributed by atoms with E-state index in [1.807, 2.05) is 6.92 Å². The van der Waals surface area contributed by atoms with E-state index in [0.29, 0.717) is 17.6 Å². The average Bonchev–Trinajstić information content (AvgIpc) is 3.08. The van der Waals surface area contributed by atoms with Gasteiger partial charge in [-0.3, -0.25) is 0 Å². The first kappa shape index (κ1) is 13.9. The zero-order valence-electron chi connectivity index (χ0n) is 10.9. The van der Waals surface area contributed by atoms with Crippen LogP contribution in [0.4, 0.5) is 0 Å². The lowest BCUT2D eigenvalue weighted by Crippen LogP contribution is -2.40. The maximum Gasteiger partial charge on any atom is 0.243 e. The lowest BCUT2D eigenvalue weighted by atomic mass is 10.1. The molecule has 3 rings (SSSR count). The molecule has 0 bridgehead atoms. The van der Waals surface area contributed by atoms with Crippen LogP contribution in [0.2, 0.25) is 0 Å². The highest BCUT2D eigenvalue weighted by molar-refractivity contribution is 7.89. The lowest BCUT2D eigenvalue weighted by Gasteiger charge is -2.19. The monoisotopic (exact) mass is 313 g/mol. The first-order valence-corrected chi connectivity index (χ1v) is 8.64. The minimum absolute atomic E-state index is 0.0578. The minimum atomic E-state index is -3.62. The summed E-state index contributed by atoms with van der Waals surface area (Å²) in [7, 11) is -3.62. The van der Waals surface area contributed by atoms with Gasteiger partial charge in [0, 0.05) is 12.6 Å². The van der Waals surface area contributed by atoms with Gasteiger partial charge in [0.2, 0.25) is 10.0 Å². The Balaban J connectivity index is 1.89. The molecule has 1 aromatic heterocycles. The Kier molecular flexibility index (Phi) is 3.72. The van der Waals surface area contributed by atoms with Crippen molar-refractivity contribution in [3.05, 3.63) is 18.2 Å². The van der Waals surface area contributed by atoms with Crippen LogP contribution in [0.1, 0.15) is 19.8 Å². The van der Waals surface area contributed by atoms with Crippen LogP contribution in [0.5, 0.6) is 0 Å². The van der Waals surface area contributed by atoms with Crippen LogP contribution >= 0.6 is 11.7 Å². The van der Waals surface area contributed by atoms with Crippen molar-refractivity contribution in [3.63, 3.8) is 0 Å². The number of nitrogens with zero attached hydrogens (tertiary/aromatic N) is 2. The van der Waals surface area contributed by atoms with Crippen molar-refractivity contribution in [2.24, 2.45) is 0 Å². The molecule has 0 aliphatic carbocycles. The third-order valence-electron chi connectivity index (χ3n) is 3.40. The summed E-state index contributed by atoms with van der Waals surface area (Å²) in [5, 5.41) is 0. The Morgan fingerprint density at radius 3 is 3.05 bits per heavy atom. The van der Waals surface area contributed by atoms with Crippen molar-refractivity contribution in [3.8, 4) is 0 Å². The zero-order chi connectivity index (χ0) is 14.2. The highest BCUT2D eigenvalue weighted by Crippen LogP contribution is 2.22. The summed E-state index contributed by atoms with van der Waals surface area (Å²) in [5.74, 6) is 0. The Hall–Kier alpha value is -1.09. The molecule has 8 heteroatoms. The molecule has 1 aromatic carbocycles. The topological polar surface area (TPSA) is 81.2 Å². The first-order chi connectivity index (χ1) is 9.58. The second-order valence-corrected chi connectivity index (χ2v) is 7.06. The zero-order valence-corrected chi connectivity index (χ0v) is 12.6. The molecule has 1 saturated heterocycles. The van der Waals surface area contributed by atoms with E-state index in [1.54, 1.807) is 18.2 Å². The molecule has 2 aromatic rings. The van der Waals surface area contributed by atoms with E-state index in [4.69, 9.17) is 4.74 Å². The van der Waals surface area contributed by atoms with E-state index in [-0.39, 0.29) is 17.0 Å². The van der Waals surface area contributed by atoms with Crippen LogP contribution in [-0.4, -0.2) is 35.9 Å². The standard InChI is InChI=1S/C12H15N3O3S2/c1-8(10-5-3-7-18-10)15-20(16,17)11-6-2-4-9-12(11)14-19-13-9/h2,4,6,8,10,15H,3,5,7H2,1H3/t8-,10+/m1/s1. The lowest BCUT2D eigenvalue weighted by molar-refractivity contribution is 0.0902. The number of aromatic nitrogens is 2. The van der Waals surface area contributed by atoms with E-state index in [1.165, 1.54) is 0 Å². The van der Waals surface area contributed by atoms with Gasteiger partial charge in [-0.15, -0.1) is 0 Å². The Morgan fingerprint density at radius 2 is 2.30 bits per heavy atom. The third-order valence-corrected chi connectivity index (χ3v) is 5.54. The number of benzene rings is 1. The van der Waals surface area contributed by atoms with Crippen molar-refractivity contribution in [1.82, 2.24) is 13.5 Å². The van der Waals surface area contributed by atoms with Gasteiger partial charge in [-0.2, -0.15) is 8.75 Å². The van der Waals surface area contributed by atoms with E-state index in [2.05, 4.69) is 13.5 Å². The molecule has 2 heterocycles. The Bertz CT molecular complexity index is 708. The van der Waals surface area contributed by atoms with E-state index in [0.717, 1.165) is 24.6 Å². The van der Waals surface area contributed by atoms with Gasteiger partial charge in [-0.05, 0) is 31.9 Å². The van der Waals surface area contributed by atoms with Crippen molar-refractivity contribution in [2.45, 2.75) is 36.8 Å². The molecule has 20 heavy (non-hydrogen) atoms. The summed E-state index contributed by atoms with van der Waals surface area (Å²) in [6, 6.07) is 4.72. The smallest absolute Gasteiger partial charge is 0.243 e. The van der Waals surface area contributed by atoms with Gasteiger partial charge < -0.3 is 4.74 Å². The van der Waals surface area contributed by atoms with Crippen molar-refractivity contribution < 1.29 is 13.2 Å². The fraction of sp³-hybridized carbons (Fsp3) is 0.500. The summed E-state index contributed by atoms with van der Waals surface area (Å²) in [4.78, 5) is 0.175. The SMILES string of the molecule is C[C@@H](NS(=O)(=O)c1cccc2nsnc12)[C@@H]1CCCO1. The van der Waals surface area contributed by atoms with Crippen LogP contribution in [0.25, 0.3) is 11.0 Å². The number of fused-ring (bicyclic) bond motifs is 1. The maximum absolute atomic E-state index is 12.5. The summed E-state index contributed by atoms with van der Waals surface area (Å²) in [5.41, 5.74) is 1.02. The summed E-state index contributed by atoms with van der Waals surface area (Å²) in [6.45, 7) is 2.52. The minimum Gasteiger partial charge on any atom is -0.377 e. The molecule has 0 amide bonds. The molecule has 0 spiro atoms. The molecule has 0 saturated carbocycles. The fourth-order valence-corrected chi connectivity index (χ4v) is 4.42. The molecule has 0 unspecified atom stereocenters. The molecule has 6 nitrogen and oxygen atoms in total. The molecular formula is C12H15N3O3S2. The fourth-order valence-electron chi connectivity index (χ4n) is 2.38. The van der Waals surface area contributed by atoms with Crippen LogP contribution in [0, 0.1) is 0 Å². The summed E-state index contributed by atoms with van der Waals surface area (Å²) >= 11 is 1.01. The summed E-state index contributed by atoms with van der Waals surface area (Å²) < 4.78 is 41.3. The Labute approximate surface area is 121 Å². The number of hydrogen-bond donors (Lipinski definition) is 1. The largest absolute Gasteiger partial charge is 0.377 e. The molecule has 0 radical (unpaired) electrons. The highest BCUT2D eigenvalue weighted by Gasteiger charge is 2.28. The number of hydrogen-bond acceptors (Lipinski definition) is 6. The predicted octanol–water partition coefficient (Wildman–Crippen LogP) is 1.54. The van der Waals surface area contributed by atoms with Crippen molar-refractivity contribution >= 4 is 32.8 Å². The molecule has 108 valence electrons. The molecule has 1 aliphatic rings. The third kappa shape index (κ3) is 2.56. The van der Waals surface area contributed by atoms with Gasteiger partial charge in [0.1, 0.15) is 15.9 Å². The van der Waals surface area contributed by atoms with E-state index >= 15 is 0 Å². The molecular weight excluding hydrogens is 298 g/mol. The van der Waals surface area contributed by atoms with E-state index < -0.39 is 10.0 Å². The van der Waals surface area contributed by atoms with Crippen LogP contribution in [0.15, 0.2) is 23.1 Å².